The largest absolute Gasteiger partial charge is 0.471 e. The summed E-state index contributed by atoms with van der Waals surface area (Å²) >= 11 is 0. The predicted octanol–water partition coefficient (Wildman–Crippen LogP) is 4.31. The van der Waals surface area contributed by atoms with Crippen LogP contribution in [0.5, 0.6) is 5.75 Å². The van der Waals surface area contributed by atoms with Crippen molar-refractivity contribution in [3.8, 4) is 5.75 Å². The van der Waals surface area contributed by atoms with E-state index in [1.165, 1.54) is 11.6 Å². The number of piperazine rings is 1. The lowest BCUT2D eigenvalue weighted by Gasteiger charge is -2.34. The van der Waals surface area contributed by atoms with Gasteiger partial charge in [0, 0.05) is 44.5 Å². The number of hydrogen-bond acceptors (Lipinski definition) is 4. The normalized spacial score (nSPS) is 15.0. The second kappa shape index (κ2) is 9.75. The van der Waals surface area contributed by atoms with Crippen molar-refractivity contribution in [2.24, 2.45) is 0 Å². The average molecular weight is 451 g/mol. The molecule has 1 aromatic heterocycles. The van der Waals surface area contributed by atoms with E-state index in [9.17, 15) is 9.18 Å². The topological polar surface area (TPSA) is 50.6 Å². The molecule has 3 aromatic rings. The van der Waals surface area contributed by atoms with E-state index in [1.807, 2.05) is 18.2 Å². The second-order valence-electron chi connectivity index (χ2n) is 9.45. The molecule has 174 valence electrons. The maximum absolute atomic E-state index is 13.9. The minimum atomic E-state index is -0.186. The van der Waals surface area contributed by atoms with E-state index in [0.717, 1.165) is 5.75 Å². The van der Waals surface area contributed by atoms with E-state index >= 15 is 0 Å². The fourth-order valence-corrected chi connectivity index (χ4v) is 3.88. The maximum atomic E-state index is 13.9. The van der Waals surface area contributed by atoms with Crippen LogP contribution in [0.1, 0.15) is 42.4 Å². The highest BCUT2D eigenvalue weighted by Crippen LogP contribution is 2.24. The highest BCUT2D eigenvalue weighted by atomic mass is 19.1. The van der Waals surface area contributed by atoms with Gasteiger partial charge in [0.15, 0.2) is 12.4 Å². The Kier molecular flexibility index (Phi) is 6.79. The van der Waals surface area contributed by atoms with Crippen molar-refractivity contribution in [3.63, 3.8) is 0 Å². The van der Waals surface area contributed by atoms with Crippen LogP contribution in [0.15, 0.2) is 60.8 Å². The van der Waals surface area contributed by atoms with Crippen LogP contribution < -0.4 is 4.74 Å². The first-order valence-electron chi connectivity index (χ1n) is 11.3. The van der Waals surface area contributed by atoms with Gasteiger partial charge in [-0.3, -0.25) is 9.69 Å². The number of ether oxygens (including phenoxy) is 1. The molecule has 7 heteroatoms. The molecule has 0 spiro atoms. The maximum Gasteiger partial charge on any atom is 0.274 e. The molecule has 1 amide bonds. The summed E-state index contributed by atoms with van der Waals surface area (Å²) in [5, 5.41) is 4.39. The molecule has 1 fully saturated rings. The number of nitrogens with zero attached hydrogens (tertiary/aromatic N) is 4. The number of carbonyl (C=O) groups excluding carboxylic acids is 1. The lowest BCUT2D eigenvalue weighted by molar-refractivity contribution is 0.0619. The molecule has 1 saturated heterocycles. The molecule has 33 heavy (non-hydrogen) atoms. The molecule has 0 aliphatic carbocycles. The van der Waals surface area contributed by atoms with Gasteiger partial charge in [-0.1, -0.05) is 51.1 Å². The fraction of sp³-hybridized carbons (Fsp3) is 0.385. The van der Waals surface area contributed by atoms with Crippen molar-refractivity contribution in [1.82, 2.24) is 19.6 Å². The zero-order valence-corrected chi connectivity index (χ0v) is 19.5. The van der Waals surface area contributed by atoms with Crippen LogP contribution in [0.2, 0.25) is 0 Å². The number of rotatable bonds is 6. The highest BCUT2D eigenvalue weighted by molar-refractivity contribution is 5.92. The molecule has 4 rings (SSSR count). The Morgan fingerprint density at radius 2 is 1.70 bits per heavy atom. The summed E-state index contributed by atoms with van der Waals surface area (Å²) in [6.45, 7) is 9.91. The molecule has 0 bridgehead atoms. The molecule has 0 saturated carbocycles. The van der Waals surface area contributed by atoms with Crippen LogP contribution in [0.4, 0.5) is 4.39 Å². The standard InChI is InChI=1S/C26H31FN4O2/c1-26(2,3)21-8-10-22(11-9-21)33-19-31-13-12-24(28-31)25(32)30-16-14-29(15-17-30)18-20-6-4-5-7-23(20)27/h4-13H,14-19H2,1-3H3. The van der Waals surface area contributed by atoms with Gasteiger partial charge < -0.3 is 9.64 Å². The molecule has 0 unspecified atom stereocenters. The third-order valence-electron chi connectivity index (χ3n) is 5.95. The van der Waals surface area contributed by atoms with Gasteiger partial charge in [-0.05, 0) is 35.2 Å². The quantitative estimate of drug-likeness (QED) is 0.562. The summed E-state index contributed by atoms with van der Waals surface area (Å²) in [6, 6.07) is 16.6. The van der Waals surface area contributed by atoms with E-state index < -0.39 is 0 Å². The van der Waals surface area contributed by atoms with Gasteiger partial charge in [-0.25, -0.2) is 9.07 Å². The zero-order chi connectivity index (χ0) is 23.4. The minimum Gasteiger partial charge on any atom is -0.471 e. The van der Waals surface area contributed by atoms with Crippen LogP contribution in [0.3, 0.4) is 0 Å². The molecule has 2 aromatic carbocycles. The van der Waals surface area contributed by atoms with Gasteiger partial charge in [0.1, 0.15) is 11.6 Å². The molecule has 0 atom stereocenters. The summed E-state index contributed by atoms with van der Waals surface area (Å²) in [4.78, 5) is 16.8. The summed E-state index contributed by atoms with van der Waals surface area (Å²) < 4.78 is 21.3. The third kappa shape index (κ3) is 5.79. The molecule has 1 aliphatic rings. The van der Waals surface area contributed by atoms with Crippen molar-refractivity contribution in [1.29, 1.82) is 0 Å². The van der Waals surface area contributed by atoms with Crippen LogP contribution in [0.25, 0.3) is 0 Å². The molecule has 0 N–H and O–H groups in total. The van der Waals surface area contributed by atoms with Gasteiger partial charge in [-0.15, -0.1) is 0 Å². The zero-order valence-electron chi connectivity index (χ0n) is 19.5. The Morgan fingerprint density at radius 3 is 2.36 bits per heavy atom. The molecular formula is C26H31FN4O2. The Hall–Kier alpha value is -3.19. The van der Waals surface area contributed by atoms with E-state index in [1.54, 1.807) is 34.0 Å². The minimum absolute atomic E-state index is 0.0891. The molecule has 2 heterocycles. The van der Waals surface area contributed by atoms with Gasteiger partial charge >= 0.3 is 0 Å². The summed E-state index contributed by atoms with van der Waals surface area (Å²) in [5.74, 6) is 0.486. The predicted molar refractivity (Wildman–Crippen MR) is 126 cm³/mol. The van der Waals surface area contributed by atoms with Crippen molar-refractivity contribution < 1.29 is 13.9 Å². The van der Waals surface area contributed by atoms with Crippen LogP contribution >= 0.6 is 0 Å². The van der Waals surface area contributed by atoms with Gasteiger partial charge in [0.2, 0.25) is 0 Å². The monoisotopic (exact) mass is 450 g/mol. The second-order valence-corrected chi connectivity index (χ2v) is 9.45. The number of aromatic nitrogens is 2. The smallest absolute Gasteiger partial charge is 0.274 e. The van der Waals surface area contributed by atoms with Crippen LogP contribution in [-0.2, 0) is 18.7 Å². The molecule has 1 aliphatic heterocycles. The van der Waals surface area contributed by atoms with Crippen molar-refractivity contribution in [2.75, 3.05) is 26.2 Å². The average Bonchev–Trinajstić information content (AvgIpc) is 3.28. The summed E-state index contributed by atoms with van der Waals surface area (Å²) in [5.41, 5.74) is 2.43. The molecule has 6 nitrogen and oxygen atoms in total. The highest BCUT2D eigenvalue weighted by Gasteiger charge is 2.24. The number of carbonyl (C=O) groups is 1. The Labute approximate surface area is 194 Å². The fourth-order valence-electron chi connectivity index (χ4n) is 3.88. The molecular weight excluding hydrogens is 419 g/mol. The van der Waals surface area contributed by atoms with E-state index in [-0.39, 0.29) is 23.9 Å². The van der Waals surface area contributed by atoms with Crippen LogP contribution in [-0.4, -0.2) is 51.7 Å². The van der Waals surface area contributed by atoms with Crippen LogP contribution in [0, 0.1) is 5.82 Å². The summed E-state index contributed by atoms with van der Waals surface area (Å²) in [6.07, 6.45) is 1.76. The SMILES string of the molecule is CC(C)(C)c1ccc(OCn2ccc(C(=O)N3CCN(Cc4ccccc4F)CC3)n2)cc1. The Bertz CT molecular complexity index is 1080. The van der Waals surface area contributed by atoms with Crippen molar-refractivity contribution >= 4 is 5.91 Å². The van der Waals surface area contributed by atoms with E-state index in [4.69, 9.17) is 4.74 Å². The Balaban J connectivity index is 1.27. The Morgan fingerprint density at radius 1 is 1.00 bits per heavy atom. The van der Waals surface area contributed by atoms with E-state index in [0.29, 0.717) is 44.0 Å². The molecule has 0 radical (unpaired) electrons. The van der Waals surface area contributed by atoms with Gasteiger partial charge in [0.05, 0.1) is 0 Å². The third-order valence-corrected chi connectivity index (χ3v) is 5.95. The number of benzene rings is 2. The van der Waals surface area contributed by atoms with E-state index in [2.05, 4.69) is 42.9 Å². The van der Waals surface area contributed by atoms with Crippen molar-refractivity contribution in [3.05, 3.63) is 83.4 Å². The number of amides is 1. The van der Waals surface area contributed by atoms with Gasteiger partial charge in [-0.2, -0.15) is 5.10 Å². The summed E-state index contributed by atoms with van der Waals surface area (Å²) in [7, 11) is 0. The van der Waals surface area contributed by atoms with Gasteiger partial charge in [0.25, 0.3) is 5.91 Å². The lowest BCUT2D eigenvalue weighted by atomic mass is 9.87. The number of hydrogen-bond donors (Lipinski definition) is 0. The first-order valence-corrected chi connectivity index (χ1v) is 11.3. The number of halogens is 1. The first-order chi connectivity index (χ1) is 15.8. The lowest BCUT2D eigenvalue weighted by Crippen LogP contribution is -2.48. The first kappa shape index (κ1) is 23.0. The van der Waals surface area contributed by atoms with Crippen molar-refractivity contribution in [2.45, 2.75) is 39.5 Å².